The molecule has 0 fully saturated rings. The number of thioether (sulfide) groups is 1. The number of carbonyl (C=O) groups excluding carboxylic acids is 1. The van der Waals surface area contributed by atoms with Crippen molar-refractivity contribution in [2.75, 3.05) is 5.32 Å². The maximum Gasteiger partial charge on any atom is 0.237 e. The lowest BCUT2D eigenvalue weighted by atomic mass is 10.3. The van der Waals surface area contributed by atoms with Gasteiger partial charge in [-0.3, -0.25) is 4.79 Å². The van der Waals surface area contributed by atoms with Gasteiger partial charge in [-0.15, -0.1) is 5.10 Å². The first-order valence-corrected chi connectivity index (χ1v) is 8.57. The Kier molecular flexibility index (Phi) is 5.30. The van der Waals surface area contributed by atoms with Gasteiger partial charge in [0.05, 0.1) is 21.6 Å². The first-order chi connectivity index (χ1) is 12.0. The number of hydrogen-bond acceptors (Lipinski definition) is 5. The highest BCUT2D eigenvalue weighted by Gasteiger charge is 2.20. The number of hydrogen-bond donors (Lipinski definition) is 1. The Morgan fingerprint density at radius 3 is 2.76 bits per heavy atom. The van der Waals surface area contributed by atoms with E-state index in [1.54, 1.807) is 11.6 Å². The number of tetrazole rings is 1. The molecule has 3 aromatic rings. The lowest BCUT2D eigenvalue weighted by Crippen LogP contribution is -2.23. The standard InChI is InChI=1S/C16H13ClFN5OS/c1-10(15(24)19-14-8-7-11(18)9-13(14)17)25-16-20-21-22-23(16)12-5-3-2-4-6-12/h2-10H,1H3,(H,19,24)/t10-/m1/s1. The van der Waals surface area contributed by atoms with Crippen molar-refractivity contribution in [3.05, 3.63) is 59.4 Å². The van der Waals surface area contributed by atoms with Crippen LogP contribution in [-0.4, -0.2) is 31.4 Å². The second-order valence-corrected chi connectivity index (χ2v) is 6.80. The van der Waals surface area contributed by atoms with Crippen molar-refractivity contribution in [3.63, 3.8) is 0 Å². The number of halogens is 2. The van der Waals surface area contributed by atoms with Crippen LogP contribution in [0, 0.1) is 5.82 Å². The molecule has 0 aliphatic carbocycles. The SMILES string of the molecule is C[C@@H](Sc1nnnn1-c1ccccc1)C(=O)Nc1ccc(F)cc1Cl. The van der Waals surface area contributed by atoms with Crippen molar-refractivity contribution in [3.8, 4) is 5.69 Å². The fourth-order valence-corrected chi connectivity index (χ4v) is 3.04. The minimum atomic E-state index is -0.491. The number of nitrogens with one attached hydrogen (secondary N) is 1. The minimum Gasteiger partial charge on any atom is -0.324 e. The van der Waals surface area contributed by atoms with Crippen molar-refractivity contribution >= 4 is 35.0 Å². The molecule has 3 rings (SSSR count). The minimum absolute atomic E-state index is 0.139. The third-order valence-corrected chi connectivity index (χ3v) is 4.63. The number of aromatic nitrogens is 4. The van der Waals surface area contributed by atoms with Gasteiger partial charge >= 0.3 is 0 Å². The normalized spacial score (nSPS) is 12.0. The quantitative estimate of drug-likeness (QED) is 0.688. The monoisotopic (exact) mass is 377 g/mol. The maximum atomic E-state index is 13.1. The number of para-hydroxylation sites is 1. The van der Waals surface area contributed by atoms with Gasteiger partial charge in [-0.2, -0.15) is 4.68 Å². The highest BCUT2D eigenvalue weighted by atomic mass is 35.5. The molecule has 0 saturated carbocycles. The Morgan fingerprint density at radius 1 is 1.28 bits per heavy atom. The predicted molar refractivity (Wildman–Crippen MR) is 94.5 cm³/mol. The van der Waals surface area contributed by atoms with Crippen LogP contribution in [0.15, 0.2) is 53.7 Å². The number of amides is 1. The Hall–Kier alpha value is -2.45. The fraction of sp³-hybridized carbons (Fsp3) is 0.125. The molecule has 1 amide bonds. The summed E-state index contributed by atoms with van der Waals surface area (Å²) < 4.78 is 14.6. The van der Waals surface area contributed by atoms with Gasteiger partial charge in [0.25, 0.3) is 0 Å². The second kappa shape index (κ2) is 7.62. The lowest BCUT2D eigenvalue weighted by Gasteiger charge is -2.12. The topological polar surface area (TPSA) is 72.7 Å². The lowest BCUT2D eigenvalue weighted by molar-refractivity contribution is -0.115. The van der Waals surface area contributed by atoms with E-state index in [9.17, 15) is 9.18 Å². The molecule has 25 heavy (non-hydrogen) atoms. The number of benzene rings is 2. The fourth-order valence-electron chi connectivity index (χ4n) is 2.02. The maximum absolute atomic E-state index is 13.1. The smallest absolute Gasteiger partial charge is 0.237 e. The summed E-state index contributed by atoms with van der Waals surface area (Å²) in [5.74, 6) is -0.756. The summed E-state index contributed by atoms with van der Waals surface area (Å²) in [5.41, 5.74) is 1.15. The molecule has 1 N–H and O–H groups in total. The first-order valence-electron chi connectivity index (χ1n) is 7.31. The Balaban J connectivity index is 1.71. The number of anilines is 1. The first kappa shape index (κ1) is 17.4. The molecule has 0 saturated heterocycles. The summed E-state index contributed by atoms with van der Waals surface area (Å²) in [4.78, 5) is 12.4. The Bertz CT molecular complexity index is 889. The zero-order valence-corrected chi connectivity index (χ0v) is 14.6. The average molecular weight is 378 g/mol. The van der Waals surface area contributed by atoms with Gasteiger partial charge in [-0.1, -0.05) is 41.6 Å². The summed E-state index contributed by atoms with van der Waals surface area (Å²) in [7, 11) is 0. The second-order valence-electron chi connectivity index (χ2n) is 5.08. The molecule has 9 heteroatoms. The van der Waals surface area contributed by atoms with E-state index in [4.69, 9.17) is 11.6 Å². The van der Waals surface area contributed by atoms with E-state index < -0.39 is 11.1 Å². The molecule has 0 aliphatic heterocycles. The molecule has 6 nitrogen and oxygen atoms in total. The van der Waals surface area contributed by atoms with Gasteiger partial charge in [-0.25, -0.2) is 4.39 Å². The Labute approximate surface area is 152 Å². The van der Waals surface area contributed by atoms with Crippen molar-refractivity contribution in [1.29, 1.82) is 0 Å². The molecule has 128 valence electrons. The van der Waals surface area contributed by atoms with Gasteiger partial charge in [0.15, 0.2) is 0 Å². The van der Waals surface area contributed by atoms with Crippen molar-refractivity contribution < 1.29 is 9.18 Å². The van der Waals surface area contributed by atoms with Crippen LogP contribution < -0.4 is 5.32 Å². The third-order valence-electron chi connectivity index (χ3n) is 3.28. The van der Waals surface area contributed by atoms with Gasteiger partial charge in [0.1, 0.15) is 5.82 Å². The molecule has 1 atom stereocenters. The molecular formula is C16H13ClFN5OS. The highest BCUT2D eigenvalue weighted by Crippen LogP contribution is 2.26. The molecule has 0 aliphatic rings. The van der Waals surface area contributed by atoms with Gasteiger partial charge in [-0.05, 0) is 47.7 Å². The molecule has 0 spiro atoms. The van der Waals surface area contributed by atoms with E-state index in [1.807, 2.05) is 30.3 Å². The largest absolute Gasteiger partial charge is 0.324 e. The molecule has 1 aromatic heterocycles. The third kappa shape index (κ3) is 4.15. The zero-order valence-electron chi connectivity index (χ0n) is 13.1. The zero-order chi connectivity index (χ0) is 17.8. The van der Waals surface area contributed by atoms with Crippen LogP contribution in [0.4, 0.5) is 10.1 Å². The van der Waals surface area contributed by atoms with E-state index in [1.165, 1.54) is 23.9 Å². The van der Waals surface area contributed by atoms with E-state index in [0.29, 0.717) is 10.8 Å². The molecule has 2 aromatic carbocycles. The number of carbonyl (C=O) groups is 1. The van der Waals surface area contributed by atoms with E-state index in [-0.39, 0.29) is 10.9 Å². The van der Waals surface area contributed by atoms with Crippen LogP contribution in [0.25, 0.3) is 5.69 Å². The summed E-state index contributed by atoms with van der Waals surface area (Å²) in [6, 6.07) is 13.2. The predicted octanol–water partition coefficient (Wildman–Crippen LogP) is 3.57. The van der Waals surface area contributed by atoms with Crippen LogP contribution in [-0.2, 0) is 4.79 Å². The summed E-state index contributed by atoms with van der Waals surface area (Å²) >= 11 is 7.13. The number of rotatable bonds is 5. The van der Waals surface area contributed by atoms with Crippen LogP contribution in [0.3, 0.4) is 0 Å². The summed E-state index contributed by atoms with van der Waals surface area (Å²) in [6.45, 7) is 1.72. The van der Waals surface area contributed by atoms with E-state index >= 15 is 0 Å². The van der Waals surface area contributed by atoms with Crippen molar-refractivity contribution in [1.82, 2.24) is 20.2 Å². The average Bonchev–Trinajstić information content (AvgIpc) is 3.06. The van der Waals surface area contributed by atoms with Gasteiger partial charge in [0, 0.05) is 0 Å². The van der Waals surface area contributed by atoms with Crippen molar-refractivity contribution in [2.24, 2.45) is 0 Å². The van der Waals surface area contributed by atoms with Gasteiger partial charge in [0.2, 0.25) is 11.1 Å². The molecule has 0 radical (unpaired) electrons. The number of nitrogens with zero attached hydrogens (tertiary/aromatic N) is 4. The highest BCUT2D eigenvalue weighted by molar-refractivity contribution is 8.00. The van der Waals surface area contributed by atoms with Crippen LogP contribution >= 0.6 is 23.4 Å². The van der Waals surface area contributed by atoms with E-state index in [0.717, 1.165) is 11.8 Å². The molecular weight excluding hydrogens is 365 g/mol. The summed E-state index contributed by atoms with van der Waals surface area (Å²) in [5, 5.41) is 14.4. The molecule has 1 heterocycles. The van der Waals surface area contributed by atoms with Crippen LogP contribution in [0.5, 0.6) is 0 Å². The van der Waals surface area contributed by atoms with Crippen LogP contribution in [0.2, 0.25) is 5.02 Å². The van der Waals surface area contributed by atoms with Gasteiger partial charge < -0.3 is 5.32 Å². The molecule has 0 bridgehead atoms. The molecule has 0 unspecified atom stereocenters. The Morgan fingerprint density at radius 2 is 2.04 bits per heavy atom. The van der Waals surface area contributed by atoms with Crippen LogP contribution in [0.1, 0.15) is 6.92 Å². The summed E-state index contributed by atoms with van der Waals surface area (Å²) in [6.07, 6.45) is 0. The van der Waals surface area contributed by atoms with E-state index in [2.05, 4.69) is 20.8 Å². The van der Waals surface area contributed by atoms with Crippen molar-refractivity contribution in [2.45, 2.75) is 17.3 Å².